The van der Waals surface area contributed by atoms with Crippen molar-refractivity contribution in [3.05, 3.63) is 42.5 Å². The van der Waals surface area contributed by atoms with Gasteiger partial charge >= 0.3 is 0 Å². The van der Waals surface area contributed by atoms with Crippen LogP contribution in [0.5, 0.6) is 0 Å². The van der Waals surface area contributed by atoms with Crippen LogP contribution in [0.3, 0.4) is 0 Å². The van der Waals surface area contributed by atoms with Gasteiger partial charge in [0.2, 0.25) is 0 Å². The summed E-state index contributed by atoms with van der Waals surface area (Å²) >= 11 is 0. The number of hydrogen-bond acceptors (Lipinski definition) is 4. The molecule has 2 aromatic heterocycles. The molecular formula is C13H9N5. The smallest absolute Gasteiger partial charge is 0.162 e. The van der Waals surface area contributed by atoms with Crippen molar-refractivity contribution in [1.82, 2.24) is 19.9 Å². The predicted octanol–water partition coefficient (Wildman–Crippen LogP) is 2.08. The van der Waals surface area contributed by atoms with Crippen LogP contribution in [0.1, 0.15) is 5.56 Å². The molecule has 0 saturated heterocycles. The number of fused-ring (bicyclic) bond motifs is 1. The highest BCUT2D eigenvalue weighted by Gasteiger charge is 2.05. The van der Waals surface area contributed by atoms with Crippen LogP contribution in [0.4, 0.5) is 11.5 Å². The van der Waals surface area contributed by atoms with Crippen LogP contribution in [0.15, 0.2) is 36.9 Å². The second-order valence-corrected chi connectivity index (χ2v) is 3.67. The van der Waals surface area contributed by atoms with Gasteiger partial charge in [-0.05, 0) is 18.2 Å². The molecule has 0 saturated carbocycles. The molecular weight excluding hydrogens is 226 g/mol. The largest absolute Gasteiger partial charge is 0.338 e. The van der Waals surface area contributed by atoms with Gasteiger partial charge in [0.05, 0.1) is 6.33 Å². The van der Waals surface area contributed by atoms with Gasteiger partial charge in [-0.1, -0.05) is 12.0 Å². The first kappa shape index (κ1) is 10.3. The van der Waals surface area contributed by atoms with Crippen molar-refractivity contribution < 1.29 is 0 Å². The highest BCUT2D eigenvalue weighted by molar-refractivity contribution is 5.84. The Bertz CT molecular complexity index is 738. The lowest BCUT2D eigenvalue weighted by Crippen LogP contribution is -1.96. The fourth-order valence-electron chi connectivity index (χ4n) is 1.68. The highest BCUT2D eigenvalue weighted by atomic mass is 15.1. The van der Waals surface area contributed by atoms with Crippen LogP contribution in [-0.4, -0.2) is 19.9 Å². The number of terminal acetylenes is 1. The van der Waals surface area contributed by atoms with E-state index in [1.165, 1.54) is 6.33 Å². The van der Waals surface area contributed by atoms with Crippen molar-refractivity contribution in [2.24, 2.45) is 0 Å². The third-order valence-electron chi connectivity index (χ3n) is 2.51. The number of imidazole rings is 1. The predicted molar refractivity (Wildman–Crippen MR) is 69.3 cm³/mol. The lowest BCUT2D eigenvalue weighted by atomic mass is 10.2. The Balaban J connectivity index is 2.01. The van der Waals surface area contributed by atoms with Crippen molar-refractivity contribution in [3.63, 3.8) is 0 Å². The van der Waals surface area contributed by atoms with E-state index >= 15 is 0 Å². The van der Waals surface area contributed by atoms with Crippen LogP contribution >= 0.6 is 0 Å². The molecule has 0 aliphatic rings. The highest BCUT2D eigenvalue weighted by Crippen LogP contribution is 2.20. The first-order valence-electron chi connectivity index (χ1n) is 5.34. The van der Waals surface area contributed by atoms with Gasteiger partial charge in [-0.2, -0.15) is 0 Å². The summed E-state index contributed by atoms with van der Waals surface area (Å²) in [6, 6.07) is 7.55. The minimum Gasteiger partial charge on any atom is -0.338 e. The number of aromatic amines is 1. The number of aromatic nitrogens is 4. The number of anilines is 2. The number of H-pyrrole nitrogens is 1. The third kappa shape index (κ3) is 1.76. The Morgan fingerprint density at radius 2 is 2.17 bits per heavy atom. The van der Waals surface area contributed by atoms with Gasteiger partial charge in [0, 0.05) is 11.3 Å². The normalized spacial score (nSPS) is 10.2. The lowest BCUT2D eigenvalue weighted by molar-refractivity contribution is 1.20. The van der Waals surface area contributed by atoms with Gasteiger partial charge in [0.1, 0.15) is 6.33 Å². The van der Waals surface area contributed by atoms with Gasteiger partial charge in [-0.3, -0.25) is 0 Å². The van der Waals surface area contributed by atoms with Crippen LogP contribution < -0.4 is 5.32 Å². The molecule has 2 heterocycles. The average molecular weight is 235 g/mol. The SMILES string of the molecule is C#Cc1cccc(Nc2ncnc3[nH]cnc23)c1. The van der Waals surface area contributed by atoms with E-state index in [2.05, 4.69) is 31.2 Å². The van der Waals surface area contributed by atoms with Crippen LogP contribution in [0, 0.1) is 12.3 Å². The fourth-order valence-corrected chi connectivity index (χ4v) is 1.68. The van der Waals surface area contributed by atoms with E-state index in [0.717, 1.165) is 11.3 Å². The molecule has 3 aromatic rings. The molecule has 1 aromatic carbocycles. The number of benzene rings is 1. The minimum absolute atomic E-state index is 0.649. The monoisotopic (exact) mass is 235 g/mol. The first-order valence-corrected chi connectivity index (χ1v) is 5.34. The number of rotatable bonds is 2. The van der Waals surface area contributed by atoms with E-state index in [1.54, 1.807) is 6.33 Å². The lowest BCUT2D eigenvalue weighted by Gasteiger charge is -2.05. The Kier molecular flexibility index (Phi) is 2.39. The summed E-state index contributed by atoms with van der Waals surface area (Å²) in [4.78, 5) is 15.4. The molecule has 86 valence electrons. The Hall–Kier alpha value is -2.87. The Morgan fingerprint density at radius 1 is 1.22 bits per heavy atom. The van der Waals surface area contributed by atoms with Gasteiger partial charge in [0.15, 0.2) is 17.0 Å². The summed E-state index contributed by atoms with van der Waals surface area (Å²) in [6.07, 6.45) is 8.43. The quantitative estimate of drug-likeness (QED) is 0.667. The zero-order valence-electron chi connectivity index (χ0n) is 9.38. The molecule has 0 bridgehead atoms. The molecule has 0 amide bonds. The first-order chi connectivity index (χ1) is 8.86. The number of hydrogen-bond donors (Lipinski definition) is 2. The van der Waals surface area contributed by atoms with Crippen molar-refractivity contribution in [2.75, 3.05) is 5.32 Å². The zero-order valence-corrected chi connectivity index (χ0v) is 9.38. The van der Waals surface area contributed by atoms with Crippen molar-refractivity contribution in [2.45, 2.75) is 0 Å². The topological polar surface area (TPSA) is 66.5 Å². The maximum atomic E-state index is 5.37. The van der Waals surface area contributed by atoms with E-state index in [0.29, 0.717) is 17.0 Å². The third-order valence-corrected chi connectivity index (χ3v) is 2.51. The second kappa shape index (κ2) is 4.18. The van der Waals surface area contributed by atoms with Crippen molar-refractivity contribution in [3.8, 4) is 12.3 Å². The van der Waals surface area contributed by atoms with Crippen molar-refractivity contribution in [1.29, 1.82) is 0 Å². The summed E-state index contributed by atoms with van der Waals surface area (Å²) in [7, 11) is 0. The van der Waals surface area contributed by atoms with E-state index < -0.39 is 0 Å². The molecule has 0 aliphatic carbocycles. The summed E-state index contributed by atoms with van der Waals surface area (Å²) in [5, 5.41) is 3.18. The Morgan fingerprint density at radius 3 is 3.06 bits per heavy atom. The maximum absolute atomic E-state index is 5.37. The second-order valence-electron chi connectivity index (χ2n) is 3.67. The summed E-state index contributed by atoms with van der Waals surface area (Å²) < 4.78 is 0. The van der Waals surface area contributed by atoms with E-state index in [9.17, 15) is 0 Å². The molecule has 0 fully saturated rings. The summed E-state index contributed by atoms with van der Waals surface area (Å²) in [5.41, 5.74) is 3.07. The van der Waals surface area contributed by atoms with E-state index in [4.69, 9.17) is 6.42 Å². The number of nitrogens with one attached hydrogen (secondary N) is 2. The standard InChI is InChI=1S/C13H9N5/c1-2-9-4-3-5-10(6-9)18-13-11-12(15-7-14-11)16-8-17-13/h1,3-8H,(H2,14,15,16,17,18). The summed E-state index contributed by atoms with van der Waals surface area (Å²) in [5.74, 6) is 3.24. The van der Waals surface area contributed by atoms with Gasteiger partial charge in [-0.25, -0.2) is 15.0 Å². The summed E-state index contributed by atoms with van der Waals surface area (Å²) in [6.45, 7) is 0. The molecule has 5 heteroatoms. The molecule has 2 N–H and O–H groups in total. The maximum Gasteiger partial charge on any atom is 0.162 e. The number of nitrogens with zero attached hydrogens (tertiary/aromatic N) is 3. The van der Waals surface area contributed by atoms with Crippen LogP contribution in [-0.2, 0) is 0 Å². The zero-order chi connectivity index (χ0) is 12.4. The average Bonchev–Trinajstić information content (AvgIpc) is 2.88. The Labute approximate surface area is 103 Å². The molecule has 0 atom stereocenters. The van der Waals surface area contributed by atoms with E-state index in [-0.39, 0.29) is 0 Å². The van der Waals surface area contributed by atoms with E-state index in [1.807, 2.05) is 24.3 Å². The molecule has 0 unspecified atom stereocenters. The molecule has 3 rings (SSSR count). The van der Waals surface area contributed by atoms with Gasteiger partial charge in [-0.15, -0.1) is 6.42 Å². The molecule has 18 heavy (non-hydrogen) atoms. The molecule has 0 spiro atoms. The fraction of sp³-hybridized carbons (Fsp3) is 0. The molecule has 0 aliphatic heterocycles. The van der Waals surface area contributed by atoms with Crippen LogP contribution in [0.2, 0.25) is 0 Å². The molecule has 5 nitrogen and oxygen atoms in total. The molecule has 0 radical (unpaired) electrons. The minimum atomic E-state index is 0.649. The van der Waals surface area contributed by atoms with Crippen LogP contribution in [0.25, 0.3) is 11.2 Å². The van der Waals surface area contributed by atoms with Gasteiger partial charge in [0.25, 0.3) is 0 Å². The van der Waals surface area contributed by atoms with Crippen molar-refractivity contribution >= 4 is 22.7 Å². The van der Waals surface area contributed by atoms with Gasteiger partial charge < -0.3 is 10.3 Å².